The molecular formula is C38H40ClF3N4O4. The van der Waals surface area contributed by atoms with Gasteiger partial charge in [0.15, 0.2) is 17.4 Å². The summed E-state index contributed by atoms with van der Waals surface area (Å²) >= 11 is 6.54. The number of fused-ring (bicyclic) bond motifs is 2. The summed E-state index contributed by atoms with van der Waals surface area (Å²) in [5.41, 5.74) is 9.23. The molecule has 6 rings (SSSR count). The third kappa shape index (κ3) is 7.84. The zero-order valence-electron chi connectivity index (χ0n) is 27.8. The van der Waals surface area contributed by atoms with Gasteiger partial charge in [0, 0.05) is 61.6 Å². The maximum atomic E-state index is 14.8. The Morgan fingerprint density at radius 2 is 1.72 bits per heavy atom. The number of rotatable bonds is 13. The lowest BCUT2D eigenvalue weighted by molar-refractivity contribution is -0.138. The monoisotopic (exact) mass is 708 g/mol. The normalized spacial score (nSPS) is 19.3. The Morgan fingerprint density at radius 1 is 1.00 bits per heavy atom. The van der Waals surface area contributed by atoms with Gasteiger partial charge in [0.25, 0.3) is 5.91 Å². The van der Waals surface area contributed by atoms with Crippen LogP contribution in [0.15, 0.2) is 66.2 Å². The number of nitrogens with zero attached hydrogens (tertiary/aromatic N) is 2. The second-order valence-electron chi connectivity index (χ2n) is 13.3. The molecule has 264 valence electrons. The Bertz CT molecular complexity index is 1800. The van der Waals surface area contributed by atoms with Gasteiger partial charge in [-0.1, -0.05) is 54.1 Å². The highest BCUT2D eigenvalue weighted by Gasteiger charge is 2.46. The van der Waals surface area contributed by atoms with E-state index in [4.69, 9.17) is 22.1 Å². The van der Waals surface area contributed by atoms with Crippen molar-refractivity contribution in [1.29, 1.82) is 0 Å². The van der Waals surface area contributed by atoms with Gasteiger partial charge in [-0.2, -0.15) is 4.39 Å². The van der Waals surface area contributed by atoms with E-state index in [1.165, 1.54) is 0 Å². The number of benzene rings is 3. The zero-order chi connectivity index (χ0) is 35.5. The van der Waals surface area contributed by atoms with E-state index in [9.17, 15) is 27.6 Å². The Hall–Kier alpha value is -4.35. The van der Waals surface area contributed by atoms with Crippen LogP contribution < -0.4 is 15.8 Å². The molecule has 2 aliphatic heterocycles. The lowest BCUT2D eigenvalue weighted by atomic mass is 9.81. The minimum Gasteiger partial charge on any atom is -0.484 e. The maximum absolute atomic E-state index is 14.8. The van der Waals surface area contributed by atoms with Crippen LogP contribution in [0.5, 0.6) is 5.75 Å². The molecule has 3 aliphatic rings. The van der Waals surface area contributed by atoms with Gasteiger partial charge in [0.05, 0.1) is 6.04 Å². The van der Waals surface area contributed by atoms with Gasteiger partial charge in [-0.05, 0) is 73.1 Å². The van der Waals surface area contributed by atoms with E-state index in [0.717, 1.165) is 41.2 Å². The molecule has 3 atom stereocenters. The van der Waals surface area contributed by atoms with Crippen molar-refractivity contribution in [2.45, 2.75) is 82.6 Å². The number of nitrogens with two attached hydrogens (primary N) is 1. The summed E-state index contributed by atoms with van der Waals surface area (Å²) in [5.74, 6) is -5.03. The molecule has 1 saturated carbocycles. The van der Waals surface area contributed by atoms with Crippen molar-refractivity contribution >= 4 is 34.9 Å². The number of carbonyl (C=O) groups is 3. The Kier molecular flexibility index (Phi) is 10.8. The number of carbonyl (C=O) groups excluding carboxylic acids is 3. The van der Waals surface area contributed by atoms with Crippen molar-refractivity contribution in [2.75, 3.05) is 13.1 Å². The van der Waals surface area contributed by atoms with Crippen LogP contribution in [0, 0.1) is 17.5 Å². The second-order valence-corrected chi connectivity index (χ2v) is 13.7. The van der Waals surface area contributed by atoms with Crippen LogP contribution in [0.4, 0.5) is 13.2 Å². The molecule has 3 aromatic carbocycles. The average molecular weight is 709 g/mol. The van der Waals surface area contributed by atoms with Crippen LogP contribution in [0.2, 0.25) is 5.02 Å². The quantitative estimate of drug-likeness (QED) is 0.214. The van der Waals surface area contributed by atoms with Crippen LogP contribution in [0.25, 0.3) is 5.57 Å². The van der Waals surface area contributed by atoms with Crippen molar-refractivity contribution in [1.82, 2.24) is 15.1 Å². The first-order valence-corrected chi connectivity index (χ1v) is 17.4. The third-order valence-electron chi connectivity index (χ3n) is 9.57. The molecule has 1 aliphatic carbocycles. The molecule has 50 heavy (non-hydrogen) atoms. The fourth-order valence-corrected chi connectivity index (χ4v) is 7.21. The highest BCUT2D eigenvalue weighted by molar-refractivity contribution is 6.31. The number of piperazine rings is 1. The van der Waals surface area contributed by atoms with E-state index in [-0.39, 0.29) is 43.2 Å². The summed E-state index contributed by atoms with van der Waals surface area (Å²) < 4.78 is 47.6. The summed E-state index contributed by atoms with van der Waals surface area (Å²) in [6, 6.07) is 15.9. The van der Waals surface area contributed by atoms with Crippen molar-refractivity contribution in [3.05, 3.63) is 105 Å². The lowest BCUT2D eigenvalue weighted by Gasteiger charge is -2.48. The van der Waals surface area contributed by atoms with E-state index in [1.54, 1.807) is 13.0 Å². The molecule has 1 unspecified atom stereocenters. The Morgan fingerprint density at radius 3 is 2.42 bits per heavy atom. The standard InChI is InChI=1S/C38H40ClF3N4O4/c1-22(50-37-31(41)16-15-30(40)36(37)42)17-23-9-11-24(12-10-23)28-18-27-19-44-20-32(46(27)34(48)8-4-7-33(43)47)35(28)38(49)45(26-13-14-26)21-25-5-2-3-6-29(25)39/h2-3,5-6,9-12,15-16,22,26-27,32,44H,4,7-8,13-14,17-21H2,1H3,(H2,43,47)/t22?,27-,32-/m1/s1. The predicted octanol–water partition coefficient (Wildman–Crippen LogP) is 5.94. The number of primary amides is 1. The number of amides is 3. The highest BCUT2D eigenvalue weighted by atomic mass is 35.5. The first-order chi connectivity index (χ1) is 24.0. The zero-order valence-corrected chi connectivity index (χ0v) is 28.5. The topological polar surface area (TPSA) is 105 Å². The summed E-state index contributed by atoms with van der Waals surface area (Å²) in [6.07, 6.45) is 2.39. The second kappa shape index (κ2) is 15.3. The predicted molar refractivity (Wildman–Crippen MR) is 183 cm³/mol. The van der Waals surface area contributed by atoms with Crippen molar-refractivity contribution < 1.29 is 32.3 Å². The summed E-state index contributed by atoms with van der Waals surface area (Å²) in [7, 11) is 0. The molecule has 2 bridgehead atoms. The largest absolute Gasteiger partial charge is 0.484 e. The van der Waals surface area contributed by atoms with E-state index in [2.05, 4.69) is 5.32 Å². The molecular weight excluding hydrogens is 669 g/mol. The Labute approximate surface area is 294 Å². The summed E-state index contributed by atoms with van der Waals surface area (Å²) in [4.78, 5) is 43.6. The minimum atomic E-state index is -1.37. The number of hydrogen-bond acceptors (Lipinski definition) is 5. The molecule has 8 nitrogen and oxygen atoms in total. The number of halogens is 4. The first-order valence-electron chi connectivity index (χ1n) is 17.0. The SMILES string of the molecule is CC(Cc1ccc(C2=C(C(=O)N(Cc3ccccc3Cl)C3CC3)[C@H]3CNC[C@@H](C2)N3C(=O)CCCC(N)=O)cc1)Oc1c(F)ccc(F)c1F. The van der Waals surface area contributed by atoms with Gasteiger partial charge < -0.3 is 25.6 Å². The van der Waals surface area contributed by atoms with Crippen molar-refractivity contribution in [3.8, 4) is 5.75 Å². The summed E-state index contributed by atoms with van der Waals surface area (Å²) in [6.45, 7) is 2.93. The minimum absolute atomic E-state index is 0.0538. The number of ether oxygens (including phenoxy) is 1. The maximum Gasteiger partial charge on any atom is 0.252 e. The van der Waals surface area contributed by atoms with Crippen LogP contribution in [-0.2, 0) is 27.3 Å². The molecule has 2 fully saturated rings. The highest BCUT2D eigenvalue weighted by Crippen LogP contribution is 2.40. The average Bonchev–Trinajstić information content (AvgIpc) is 3.93. The van der Waals surface area contributed by atoms with Gasteiger partial charge in [-0.15, -0.1) is 0 Å². The van der Waals surface area contributed by atoms with E-state index < -0.39 is 41.3 Å². The van der Waals surface area contributed by atoms with Gasteiger partial charge in [-0.25, -0.2) is 8.78 Å². The van der Waals surface area contributed by atoms with Crippen molar-refractivity contribution in [3.63, 3.8) is 0 Å². The number of nitrogens with one attached hydrogen (secondary N) is 1. The fraction of sp³-hybridized carbons (Fsp3) is 0.395. The molecule has 0 spiro atoms. The van der Waals surface area contributed by atoms with Gasteiger partial charge in [-0.3, -0.25) is 14.4 Å². The van der Waals surface area contributed by atoms with Crippen LogP contribution >= 0.6 is 11.6 Å². The molecule has 0 radical (unpaired) electrons. The van der Waals surface area contributed by atoms with Crippen LogP contribution in [-0.4, -0.2) is 64.8 Å². The molecule has 3 N–H and O–H groups in total. The van der Waals surface area contributed by atoms with Gasteiger partial charge in [0.1, 0.15) is 6.10 Å². The van der Waals surface area contributed by atoms with Crippen LogP contribution in [0.1, 0.15) is 62.1 Å². The molecule has 0 aromatic heterocycles. The fourth-order valence-electron chi connectivity index (χ4n) is 7.01. The van der Waals surface area contributed by atoms with E-state index >= 15 is 0 Å². The third-order valence-corrected chi connectivity index (χ3v) is 9.94. The molecule has 3 aromatic rings. The van der Waals surface area contributed by atoms with E-state index in [1.807, 2.05) is 52.3 Å². The Balaban J connectivity index is 1.31. The van der Waals surface area contributed by atoms with Crippen molar-refractivity contribution in [2.24, 2.45) is 5.73 Å². The molecule has 3 amide bonds. The molecule has 1 saturated heterocycles. The number of hydrogen-bond donors (Lipinski definition) is 2. The first kappa shape index (κ1) is 35.5. The molecule has 12 heteroatoms. The summed E-state index contributed by atoms with van der Waals surface area (Å²) in [5, 5.41) is 4.00. The van der Waals surface area contributed by atoms with Crippen LogP contribution in [0.3, 0.4) is 0 Å². The van der Waals surface area contributed by atoms with Gasteiger partial charge >= 0.3 is 0 Å². The van der Waals surface area contributed by atoms with E-state index in [0.29, 0.717) is 49.1 Å². The van der Waals surface area contributed by atoms with Gasteiger partial charge in [0.2, 0.25) is 17.6 Å². The lowest BCUT2D eigenvalue weighted by Crippen LogP contribution is -2.63. The smallest absolute Gasteiger partial charge is 0.252 e. The molecule has 2 heterocycles.